The molecule has 0 amide bonds. The van der Waals surface area contributed by atoms with Crippen LogP contribution >= 0.6 is 0 Å². The third kappa shape index (κ3) is 3.64. The van der Waals surface area contributed by atoms with E-state index in [1.54, 1.807) is 0 Å². The minimum Gasteiger partial charge on any atom is -0.426 e. The molecule has 0 aliphatic heterocycles. The van der Waals surface area contributed by atoms with Crippen LogP contribution in [0.5, 0.6) is 0 Å². The summed E-state index contributed by atoms with van der Waals surface area (Å²) in [5.41, 5.74) is -0.805. The van der Waals surface area contributed by atoms with E-state index in [-0.39, 0.29) is 0 Å². The van der Waals surface area contributed by atoms with E-state index in [1.165, 1.54) is 6.07 Å². The lowest BCUT2D eigenvalue weighted by Gasteiger charge is -1.88. The van der Waals surface area contributed by atoms with Gasteiger partial charge in [-0.05, 0) is 0 Å². The summed E-state index contributed by atoms with van der Waals surface area (Å²) < 4.78 is 4.09. The number of esters is 1. The second-order valence-corrected chi connectivity index (χ2v) is 1.48. The second-order valence-electron chi connectivity index (χ2n) is 1.48. The van der Waals surface area contributed by atoms with Crippen LogP contribution in [0, 0.1) is 21.4 Å². The average molecular weight is 156 g/mol. The minimum atomic E-state index is -0.942. The van der Waals surface area contributed by atoms with Gasteiger partial charge in [0.2, 0.25) is 0 Å². The van der Waals surface area contributed by atoms with Crippen molar-refractivity contribution >= 4 is 5.97 Å². The zero-order chi connectivity index (χ0) is 8.85. The van der Waals surface area contributed by atoms with Crippen LogP contribution < -0.4 is 0 Å². The van der Waals surface area contributed by atoms with Crippen LogP contribution in [-0.2, 0) is 9.53 Å². The van der Waals surface area contributed by atoms with Crippen molar-refractivity contribution in [1.82, 2.24) is 0 Å². The Bertz CT molecular complexity index is 250. The Morgan fingerprint density at radius 1 is 1.82 bits per heavy atom. The molecule has 0 rings (SSSR count). The normalized spacial score (nSPS) is 10.0. The van der Waals surface area contributed by atoms with Crippen molar-refractivity contribution in [2.24, 2.45) is 0 Å². The lowest BCUT2D eigenvalue weighted by Crippen LogP contribution is -1.99. The van der Waals surface area contributed by atoms with Crippen LogP contribution in [-0.4, -0.2) is 10.9 Å². The Labute approximate surface area is 61.8 Å². The van der Waals surface area contributed by atoms with Gasteiger partial charge in [-0.2, -0.15) is 5.26 Å². The summed E-state index contributed by atoms with van der Waals surface area (Å²) in [4.78, 5) is 19.0. The molecule has 0 aliphatic carbocycles. The minimum absolute atomic E-state index is 0.502. The number of nitro groups is 1. The number of hydrogen-bond donors (Lipinski definition) is 0. The fourth-order valence-corrected chi connectivity index (χ4v) is 0.249. The molecule has 0 aromatic rings. The molecule has 0 saturated carbocycles. The lowest BCUT2D eigenvalue weighted by molar-refractivity contribution is -0.419. The molecule has 0 heterocycles. The Balaban J connectivity index is 4.28. The van der Waals surface area contributed by atoms with Crippen molar-refractivity contribution in [1.29, 1.82) is 5.26 Å². The zero-order valence-electron chi connectivity index (χ0n) is 5.60. The summed E-state index contributed by atoms with van der Waals surface area (Å²) >= 11 is 0. The van der Waals surface area contributed by atoms with Gasteiger partial charge >= 0.3 is 11.7 Å². The summed E-state index contributed by atoms with van der Waals surface area (Å²) in [6.07, 6.45) is 0.502. The molecule has 0 aromatic heterocycles. The maximum Gasteiger partial charge on any atom is 0.380 e. The zero-order valence-corrected chi connectivity index (χ0v) is 5.60. The maximum atomic E-state index is 10.1. The van der Waals surface area contributed by atoms with Gasteiger partial charge in [0.05, 0.1) is 4.92 Å². The molecule has 0 N–H and O–H groups in total. The number of rotatable bonds is 2. The van der Waals surface area contributed by atoms with Gasteiger partial charge in [0.15, 0.2) is 12.3 Å². The Kier molecular flexibility index (Phi) is 3.31. The third-order valence-electron chi connectivity index (χ3n) is 0.648. The quantitative estimate of drug-likeness (QED) is 0.187. The van der Waals surface area contributed by atoms with Gasteiger partial charge in [0, 0.05) is 6.92 Å². The highest BCUT2D eigenvalue weighted by atomic mass is 16.6. The number of nitrogens with zero attached hydrogens (tertiary/aromatic N) is 2. The average Bonchev–Trinajstić information content (AvgIpc) is 1.87. The first-order chi connectivity index (χ1) is 5.07. The topological polar surface area (TPSA) is 93.2 Å². The number of carbonyl (C=O) groups excluding carboxylic acids is 1. The van der Waals surface area contributed by atoms with E-state index < -0.39 is 16.6 Å². The van der Waals surface area contributed by atoms with Crippen LogP contribution in [0.1, 0.15) is 6.92 Å². The van der Waals surface area contributed by atoms with Gasteiger partial charge in [-0.25, -0.2) is 0 Å². The molecule has 6 heteroatoms. The molecule has 0 spiro atoms. The molecule has 0 aliphatic rings. The third-order valence-corrected chi connectivity index (χ3v) is 0.648. The monoisotopic (exact) mass is 156 g/mol. The molecule has 0 radical (unpaired) electrons. The molecule has 0 saturated heterocycles. The maximum absolute atomic E-state index is 10.1. The smallest absolute Gasteiger partial charge is 0.380 e. The van der Waals surface area contributed by atoms with Crippen LogP contribution in [0.15, 0.2) is 12.0 Å². The number of allylic oxidation sites excluding steroid dienone is 1. The first-order valence-electron chi connectivity index (χ1n) is 2.49. The molecule has 11 heavy (non-hydrogen) atoms. The second kappa shape index (κ2) is 4.00. The fraction of sp³-hybridized carbons (Fsp3) is 0.200. The first-order valence-corrected chi connectivity index (χ1v) is 2.49. The molecule has 0 fully saturated rings. The fourth-order valence-electron chi connectivity index (χ4n) is 0.249. The highest BCUT2D eigenvalue weighted by Crippen LogP contribution is 1.93. The van der Waals surface area contributed by atoms with E-state index in [2.05, 4.69) is 4.74 Å². The van der Waals surface area contributed by atoms with Crippen molar-refractivity contribution in [2.45, 2.75) is 6.92 Å². The molecule has 6 nitrogen and oxygen atoms in total. The predicted molar refractivity (Wildman–Crippen MR) is 32.5 cm³/mol. The molecule has 0 atom stereocenters. The van der Waals surface area contributed by atoms with Crippen molar-refractivity contribution in [3.63, 3.8) is 0 Å². The Morgan fingerprint density at radius 3 is 2.64 bits per heavy atom. The standard InChI is InChI=1S/C5H4N2O4/c1-4(8)11-3-5(2-6)7(9)10/h3H,1H3. The lowest BCUT2D eigenvalue weighted by atomic mass is 10.6. The van der Waals surface area contributed by atoms with Crippen molar-refractivity contribution < 1.29 is 14.5 Å². The predicted octanol–water partition coefficient (Wildman–Crippen LogP) is 0.191. The van der Waals surface area contributed by atoms with Crippen LogP contribution in [0.2, 0.25) is 0 Å². The van der Waals surface area contributed by atoms with Crippen molar-refractivity contribution in [3.8, 4) is 6.07 Å². The van der Waals surface area contributed by atoms with Gasteiger partial charge in [-0.1, -0.05) is 0 Å². The molecular weight excluding hydrogens is 152 g/mol. The summed E-state index contributed by atoms with van der Waals surface area (Å²) in [6.45, 7) is 1.07. The largest absolute Gasteiger partial charge is 0.426 e. The highest BCUT2D eigenvalue weighted by Gasteiger charge is 2.09. The number of carbonyl (C=O) groups is 1. The van der Waals surface area contributed by atoms with Gasteiger partial charge < -0.3 is 4.74 Å². The molecular formula is C5H4N2O4. The molecule has 0 bridgehead atoms. The Morgan fingerprint density at radius 2 is 2.36 bits per heavy atom. The molecule has 58 valence electrons. The van der Waals surface area contributed by atoms with E-state index in [9.17, 15) is 14.9 Å². The van der Waals surface area contributed by atoms with Crippen molar-refractivity contribution in [3.05, 3.63) is 22.1 Å². The van der Waals surface area contributed by atoms with Gasteiger partial charge in [-0.3, -0.25) is 14.9 Å². The highest BCUT2D eigenvalue weighted by molar-refractivity contribution is 5.66. The summed E-state index contributed by atoms with van der Waals surface area (Å²) in [7, 11) is 0. The van der Waals surface area contributed by atoms with Gasteiger partial charge in [0.25, 0.3) is 0 Å². The molecule has 0 unspecified atom stereocenters. The number of nitriles is 1. The Hall–Kier alpha value is -1.90. The SMILES string of the molecule is CC(=O)OC=C(C#N)[N+](=O)[O-]. The van der Waals surface area contributed by atoms with E-state index in [0.717, 1.165) is 6.92 Å². The van der Waals surface area contributed by atoms with Gasteiger partial charge in [0.1, 0.15) is 0 Å². The van der Waals surface area contributed by atoms with E-state index in [1.807, 2.05) is 0 Å². The van der Waals surface area contributed by atoms with E-state index in [4.69, 9.17) is 5.26 Å². The molecule has 0 aromatic carbocycles. The van der Waals surface area contributed by atoms with Crippen LogP contribution in [0.3, 0.4) is 0 Å². The van der Waals surface area contributed by atoms with Crippen LogP contribution in [0.25, 0.3) is 0 Å². The van der Waals surface area contributed by atoms with Crippen LogP contribution in [0.4, 0.5) is 0 Å². The van der Waals surface area contributed by atoms with Crippen molar-refractivity contribution in [2.75, 3.05) is 0 Å². The first kappa shape index (κ1) is 9.10. The van der Waals surface area contributed by atoms with E-state index in [0.29, 0.717) is 6.26 Å². The number of hydrogen-bond acceptors (Lipinski definition) is 5. The van der Waals surface area contributed by atoms with Gasteiger partial charge in [-0.15, -0.1) is 0 Å². The summed E-state index contributed by atoms with van der Waals surface area (Å²) in [6, 6.07) is 1.24. The summed E-state index contributed by atoms with van der Waals surface area (Å²) in [5, 5.41) is 17.9. The number of ether oxygens (including phenoxy) is 1. The van der Waals surface area contributed by atoms with E-state index >= 15 is 0 Å². The summed E-state index contributed by atoms with van der Waals surface area (Å²) in [5.74, 6) is -0.709.